The van der Waals surface area contributed by atoms with Gasteiger partial charge in [-0.1, -0.05) is 19.9 Å². The van der Waals surface area contributed by atoms with E-state index in [0.29, 0.717) is 24.0 Å². The van der Waals surface area contributed by atoms with Crippen LogP contribution in [-0.2, 0) is 14.3 Å². The fourth-order valence-electron chi connectivity index (χ4n) is 2.62. The van der Waals surface area contributed by atoms with Gasteiger partial charge in [0.2, 0.25) is 0 Å². The first-order chi connectivity index (χ1) is 11.9. The van der Waals surface area contributed by atoms with Crippen LogP contribution in [0.5, 0.6) is 11.5 Å². The molecule has 1 fully saturated rings. The Labute approximate surface area is 147 Å². The molecule has 0 radical (unpaired) electrons. The third-order valence-electron chi connectivity index (χ3n) is 3.95. The fraction of sp³-hybridized carbons (Fsp3) is 0.556. The second-order valence-corrected chi connectivity index (χ2v) is 6.46. The molecule has 2 rings (SSSR count). The van der Waals surface area contributed by atoms with Gasteiger partial charge >= 0.3 is 5.97 Å². The summed E-state index contributed by atoms with van der Waals surface area (Å²) in [5.74, 6) is 0.173. The van der Waals surface area contributed by atoms with Crippen molar-refractivity contribution in [1.29, 1.82) is 0 Å². The number of hydrogen-bond acceptors (Lipinski definition) is 5. The Hall–Kier alpha value is -2.28. The van der Waals surface area contributed by atoms with E-state index in [2.05, 4.69) is 13.8 Å². The highest BCUT2D eigenvalue weighted by Gasteiger charge is 2.39. The third-order valence-corrected chi connectivity index (χ3v) is 3.95. The number of ether oxygens (including phenoxy) is 3. The zero-order valence-electron chi connectivity index (χ0n) is 14.8. The lowest BCUT2D eigenvalue weighted by Gasteiger charge is -2.21. The molecule has 1 aromatic rings. The van der Waals surface area contributed by atoms with Crippen LogP contribution in [0, 0.1) is 5.92 Å². The van der Waals surface area contributed by atoms with Crippen LogP contribution < -0.4 is 9.47 Å². The molecule has 138 valence electrons. The van der Waals surface area contributed by atoms with Crippen LogP contribution in [0.4, 0.5) is 0 Å². The minimum Gasteiger partial charge on any atom is -0.493 e. The molecule has 1 aliphatic heterocycles. The second-order valence-electron chi connectivity index (χ2n) is 6.46. The molecule has 7 nitrogen and oxygen atoms in total. The van der Waals surface area contributed by atoms with Crippen molar-refractivity contribution in [1.82, 2.24) is 4.90 Å². The number of nitrogens with zero attached hydrogens (tertiary/aromatic N) is 1. The summed E-state index contributed by atoms with van der Waals surface area (Å²) in [5.41, 5.74) is 0. The van der Waals surface area contributed by atoms with E-state index in [1.54, 1.807) is 18.2 Å². The Kier molecular flexibility index (Phi) is 6.64. The molecule has 0 spiro atoms. The van der Waals surface area contributed by atoms with E-state index >= 15 is 0 Å². The molecule has 0 saturated carbocycles. The first-order valence-electron chi connectivity index (χ1n) is 8.31. The Morgan fingerprint density at radius 1 is 1.28 bits per heavy atom. The van der Waals surface area contributed by atoms with Crippen LogP contribution in [0.15, 0.2) is 24.3 Å². The number of carboxylic acids is 1. The summed E-state index contributed by atoms with van der Waals surface area (Å²) in [4.78, 5) is 25.0. The normalized spacial score (nSPS) is 19.9. The van der Waals surface area contributed by atoms with Crippen LogP contribution in [0.3, 0.4) is 0 Å². The number of hydrogen-bond donors (Lipinski definition) is 1. The lowest BCUT2D eigenvalue weighted by atomic mass is 10.2. The molecule has 2 atom stereocenters. The maximum Gasteiger partial charge on any atom is 0.326 e. The molecular weight excluding hydrogens is 326 g/mol. The SMILES string of the molecule is COC1CC(C(=O)O)N(C(=O)COc2cccc(OCC(C)C)c2)C1. The first-order valence-corrected chi connectivity index (χ1v) is 8.31. The summed E-state index contributed by atoms with van der Waals surface area (Å²) in [6.07, 6.45) is 0.0219. The Morgan fingerprint density at radius 2 is 1.96 bits per heavy atom. The molecule has 1 N–H and O–H groups in total. The first kappa shape index (κ1) is 19.1. The van der Waals surface area contributed by atoms with Crippen LogP contribution in [0.25, 0.3) is 0 Å². The summed E-state index contributed by atoms with van der Waals surface area (Å²) in [7, 11) is 1.51. The van der Waals surface area contributed by atoms with Crippen LogP contribution in [-0.4, -0.2) is 60.9 Å². The lowest BCUT2D eigenvalue weighted by Crippen LogP contribution is -2.43. The van der Waals surface area contributed by atoms with E-state index in [9.17, 15) is 14.7 Å². The van der Waals surface area contributed by atoms with Gasteiger partial charge in [-0.3, -0.25) is 4.79 Å². The zero-order chi connectivity index (χ0) is 18.4. The van der Waals surface area contributed by atoms with Crippen LogP contribution in [0.2, 0.25) is 0 Å². The maximum absolute atomic E-state index is 12.3. The number of methoxy groups -OCH3 is 1. The molecule has 1 aliphatic rings. The summed E-state index contributed by atoms with van der Waals surface area (Å²) in [6.45, 7) is 4.73. The number of amides is 1. The van der Waals surface area contributed by atoms with Gasteiger partial charge in [0.15, 0.2) is 6.61 Å². The van der Waals surface area contributed by atoms with E-state index in [1.807, 2.05) is 6.07 Å². The van der Waals surface area contributed by atoms with Gasteiger partial charge < -0.3 is 24.2 Å². The largest absolute Gasteiger partial charge is 0.493 e. The molecule has 0 bridgehead atoms. The highest BCUT2D eigenvalue weighted by molar-refractivity contribution is 5.85. The average molecular weight is 351 g/mol. The van der Waals surface area contributed by atoms with Gasteiger partial charge in [-0.25, -0.2) is 4.79 Å². The fourth-order valence-corrected chi connectivity index (χ4v) is 2.62. The number of carbonyl (C=O) groups excluding carboxylic acids is 1. The van der Waals surface area contributed by atoms with Crippen molar-refractivity contribution >= 4 is 11.9 Å². The standard InChI is InChI=1S/C18H25NO6/c1-12(2)10-24-13-5-4-6-14(7-13)25-11-17(20)19-9-15(23-3)8-16(19)18(21)22/h4-7,12,15-16H,8-11H2,1-3H3,(H,21,22). The molecule has 1 amide bonds. The van der Waals surface area contributed by atoms with E-state index in [0.717, 1.165) is 0 Å². The number of likely N-dealkylation sites (tertiary alicyclic amines) is 1. The number of carbonyl (C=O) groups is 2. The van der Waals surface area contributed by atoms with Crippen molar-refractivity contribution in [3.8, 4) is 11.5 Å². The predicted molar refractivity (Wildman–Crippen MR) is 90.8 cm³/mol. The van der Waals surface area contributed by atoms with E-state index in [1.165, 1.54) is 12.0 Å². The van der Waals surface area contributed by atoms with Gasteiger partial charge in [-0.05, 0) is 18.1 Å². The van der Waals surface area contributed by atoms with E-state index < -0.39 is 12.0 Å². The minimum absolute atomic E-state index is 0.228. The van der Waals surface area contributed by atoms with Gasteiger partial charge in [-0.2, -0.15) is 0 Å². The van der Waals surface area contributed by atoms with Gasteiger partial charge in [0.05, 0.1) is 12.7 Å². The molecule has 1 aromatic carbocycles. The van der Waals surface area contributed by atoms with E-state index in [-0.39, 0.29) is 31.6 Å². The van der Waals surface area contributed by atoms with Gasteiger partial charge in [0.25, 0.3) is 5.91 Å². The summed E-state index contributed by atoms with van der Waals surface area (Å²) >= 11 is 0. The van der Waals surface area contributed by atoms with Crippen molar-refractivity contribution in [2.24, 2.45) is 5.92 Å². The molecule has 2 unspecified atom stereocenters. The molecule has 1 heterocycles. The summed E-state index contributed by atoms with van der Waals surface area (Å²) in [5, 5.41) is 9.26. The molecular formula is C18H25NO6. The van der Waals surface area contributed by atoms with Gasteiger partial charge in [0, 0.05) is 26.1 Å². The van der Waals surface area contributed by atoms with Crippen molar-refractivity contribution in [3.05, 3.63) is 24.3 Å². The minimum atomic E-state index is -1.03. The molecule has 0 aliphatic carbocycles. The topological polar surface area (TPSA) is 85.3 Å². The average Bonchev–Trinajstić information content (AvgIpc) is 3.03. The Balaban J connectivity index is 1.93. The van der Waals surface area contributed by atoms with Crippen molar-refractivity contribution in [2.75, 3.05) is 26.9 Å². The number of carboxylic acid groups (broad SMARTS) is 1. The van der Waals surface area contributed by atoms with Crippen molar-refractivity contribution < 1.29 is 28.9 Å². The zero-order valence-corrected chi connectivity index (χ0v) is 14.8. The Morgan fingerprint density at radius 3 is 2.56 bits per heavy atom. The Bertz CT molecular complexity index is 603. The van der Waals surface area contributed by atoms with Gasteiger partial charge in [-0.15, -0.1) is 0 Å². The van der Waals surface area contributed by atoms with Crippen molar-refractivity contribution in [2.45, 2.75) is 32.4 Å². The molecule has 7 heteroatoms. The van der Waals surface area contributed by atoms with Crippen LogP contribution >= 0.6 is 0 Å². The number of aliphatic carboxylic acids is 1. The summed E-state index contributed by atoms with van der Waals surface area (Å²) < 4.78 is 16.3. The lowest BCUT2D eigenvalue weighted by molar-refractivity contribution is -0.148. The van der Waals surface area contributed by atoms with Gasteiger partial charge in [0.1, 0.15) is 17.5 Å². The van der Waals surface area contributed by atoms with Crippen molar-refractivity contribution in [3.63, 3.8) is 0 Å². The number of rotatable bonds is 8. The second kappa shape index (κ2) is 8.71. The molecule has 25 heavy (non-hydrogen) atoms. The highest BCUT2D eigenvalue weighted by atomic mass is 16.5. The third kappa shape index (κ3) is 5.35. The maximum atomic E-state index is 12.3. The molecule has 1 saturated heterocycles. The number of benzene rings is 1. The van der Waals surface area contributed by atoms with E-state index in [4.69, 9.17) is 14.2 Å². The highest BCUT2D eigenvalue weighted by Crippen LogP contribution is 2.22. The smallest absolute Gasteiger partial charge is 0.326 e. The predicted octanol–water partition coefficient (Wildman–Crippen LogP) is 1.80. The quantitative estimate of drug-likeness (QED) is 0.769. The molecule has 0 aromatic heterocycles. The summed E-state index contributed by atoms with van der Waals surface area (Å²) in [6, 6.07) is 6.17. The van der Waals surface area contributed by atoms with Crippen LogP contribution in [0.1, 0.15) is 20.3 Å². The monoisotopic (exact) mass is 351 g/mol.